The third kappa shape index (κ3) is 4.80. The first kappa shape index (κ1) is 17.0. The summed E-state index contributed by atoms with van der Waals surface area (Å²) < 4.78 is 0. The van der Waals surface area contributed by atoms with Gasteiger partial charge in [0.05, 0.1) is 6.04 Å². The molecule has 20 heavy (non-hydrogen) atoms. The molecule has 1 atom stereocenters. The first-order valence-electron chi connectivity index (χ1n) is 7.37. The van der Waals surface area contributed by atoms with Crippen LogP contribution in [0.4, 0.5) is 0 Å². The Labute approximate surface area is 128 Å². The fourth-order valence-corrected chi connectivity index (χ4v) is 2.62. The molecule has 1 fully saturated rings. The van der Waals surface area contributed by atoms with Crippen LogP contribution in [0.15, 0.2) is 30.3 Å². The van der Waals surface area contributed by atoms with Gasteiger partial charge in [-0.25, -0.2) is 0 Å². The van der Waals surface area contributed by atoms with E-state index in [9.17, 15) is 4.79 Å². The fourth-order valence-electron chi connectivity index (χ4n) is 2.62. The zero-order valence-corrected chi connectivity index (χ0v) is 13.0. The Morgan fingerprint density at radius 1 is 1.30 bits per heavy atom. The lowest BCUT2D eigenvalue weighted by molar-refractivity contribution is -0.133. The van der Waals surface area contributed by atoms with Crippen molar-refractivity contribution in [3.05, 3.63) is 35.9 Å². The molecule has 1 aliphatic heterocycles. The van der Waals surface area contributed by atoms with Gasteiger partial charge in [0.1, 0.15) is 0 Å². The zero-order valence-electron chi connectivity index (χ0n) is 12.2. The summed E-state index contributed by atoms with van der Waals surface area (Å²) in [6, 6.07) is 10.4. The fraction of sp³-hybridized carbons (Fsp3) is 0.562. The van der Waals surface area contributed by atoms with E-state index in [1.165, 1.54) is 18.4 Å². The SMILES string of the molecule is CCN(CCc1ccccc1)C(=O)[C@H]1CCCCN1.Cl. The Bertz CT molecular complexity index is 391. The smallest absolute Gasteiger partial charge is 0.239 e. The van der Waals surface area contributed by atoms with Gasteiger partial charge in [-0.2, -0.15) is 0 Å². The van der Waals surface area contributed by atoms with Crippen molar-refractivity contribution in [2.75, 3.05) is 19.6 Å². The molecule has 0 aliphatic carbocycles. The average molecular weight is 297 g/mol. The molecule has 1 aromatic carbocycles. The Morgan fingerprint density at radius 3 is 2.65 bits per heavy atom. The highest BCUT2D eigenvalue weighted by molar-refractivity contribution is 5.85. The quantitative estimate of drug-likeness (QED) is 0.906. The largest absolute Gasteiger partial charge is 0.341 e. The molecule has 0 bridgehead atoms. The molecule has 0 saturated carbocycles. The zero-order chi connectivity index (χ0) is 13.5. The highest BCUT2D eigenvalue weighted by Gasteiger charge is 2.24. The maximum Gasteiger partial charge on any atom is 0.239 e. The van der Waals surface area contributed by atoms with Crippen molar-refractivity contribution < 1.29 is 4.79 Å². The van der Waals surface area contributed by atoms with Crippen molar-refractivity contribution >= 4 is 18.3 Å². The summed E-state index contributed by atoms with van der Waals surface area (Å²) in [7, 11) is 0. The van der Waals surface area contributed by atoms with Crippen molar-refractivity contribution in [2.24, 2.45) is 0 Å². The molecule has 112 valence electrons. The Balaban J connectivity index is 0.00000200. The predicted octanol–water partition coefficient (Wildman–Crippen LogP) is 2.64. The summed E-state index contributed by atoms with van der Waals surface area (Å²) in [5.74, 6) is 0.276. The van der Waals surface area contributed by atoms with Crippen molar-refractivity contribution in [3.8, 4) is 0 Å². The van der Waals surface area contributed by atoms with Gasteiger partial charge < -0.3 is 10.2 Å². The first-order valence-corrected chi connectivity index (χ1v) is 7.37. The second-order valence-electron chi connectivity index (χ2n) is 5.16. The number of likely N-dealkylation sites (N-methyl/N-ethyl adjacent to an activating group) is 1. The van der Waals surface area contributed by atoms with Crippen molar-refractivity contribution in [1.82, 2.24) is 10.2 Å². The van der Waals surface area contributed by atoms with Crippen molar-refractivity contribution in [2.45, 2.75) is 38.6 Å². The Kier molecular flexibility index (Phi) is 7.63. The van der Waals surface area contributed by atoms with Crippen molar-refractivity contribution in [1.29, 1.82) is 0 Å². The van der Waals surface area contributed by atoms with Crippen LogP contribution in [0.25, 0.3) is 0 Å². The van der Waals surface area contributed by atoms with Crippen molar-refractivity contribution in [3.63, 3.8) is 0 Å². The molecule has 1 heterocycles. The lowest BCUT2D eigenvalue weighted by Crippen LogP contribution is -2.49. The van der Waals surface area contributed by atoms with Gasteiger partial charge in [0, 0.05) is 13.1 Å². The highest BCUT2D eigenvalue weighted by Crippen LogP contribution is 2.10. The molecule has 0 radical (unpaired) electrons. The average Bonchev–Trinajstić information content (AvgIpc) is 2.49. The summed E-state index contributed by atoms with van der Waals surface area (Å²) in [6.07, 6.45) is 4.29. The van der Waals surface area contributed by atoms with Crippen LogP contribution in [-0.4, -0.2) is 36.5 Å². The lowest BCUT2D eigenvalue weighted by atomic mass is 10.0. The van der Waals surface area contributed by atoms with Crippen LogP contribution >= 0.6 is 12.4 Å². The van der Waals surface area contributed by atoms with Crippen LogP contribution in [0.3, 0.4) is 0 Å². The second kappa shape index (κ2) is 8.98. The molecular formula is C16H25ClN2O. The first-order chi connectivity index (χ1) is 9.31. The second-order valence-corrected chi connectivity index (χ2v) is 5.16. The van der Waals surface area contributed by atoms with Crippen LogP contribution in [0, 0.1) is 0 Å². The van der Waals surface area contributed by atoms with Gasteiger partial charge in [0.15, 0.2) is 0 Å². The minimum Gasteiger partial charge on any atom is -0.341 e. The van der Waals surface area contributed by atoms with Gasteiger partial charge in [0.2, 0.25) is 5.91 Å². The van der Waals surface area contributed by atoms with Gasteiger partial charge in [-0.1, -0.05) is 36.8 Å². The van der Waals surface area contributed by atoms with Crippen LogP contribution < -0.4 is 5.32 Å². The minimum absolute atomic E-state index is 0. The molecule has 0 spiro atoms. The Hall–Kier alpha value is -1.06. The molecular weight excluding hydrogens is 272 g/mol. The number of halogens is 1. The van der Waals surface area contributed by atoms with Gasteiger partial charge in [-0.15, -0.1) is 12.4 Å². The number of carbonyl (C=O) groups excluding carboxylic acids is 1. The summed E-state index contributed by atoms with van der Waals surface area (Å²) in [4.78, 5) is 14.4. The topological polar surface area (TPSA) is 32.3 Å². The Morgan fingerprint density at radius 2 is 2.05 bits per heavy atom. The van der Waals surface area contributed by atoms with E-state index in [-0.39, 0.29) is 24.4 Å². The molecule has 3 nitrogen and oxygen atoms in total. The van der Waals surface area contributed by atoms with Crippen LogP contribution in [-0.2, 0) is 11.2 Å². The van der Waals surface area contributed by atoms with E-state index in [1.54, 1.807) is 0 Å². The number of nitrogens with zero attached hydrogens (tertiary/aromatic N) is 1. The number of piperidine rings is 1. The number of hydrogen-bond acceptors (Lipinski definition) is 2. The highest BCUT2D eigenvalue weighted by atomic mass is 35.5. The van der Waals surface area contributed by atoms with E-state index in [0.29, 0.717) is 0 Å². The molecule has 0 aromatic heterocycles. The minimum atomic E-state index is 0. The predicted molar refractivity (Wildman–Crippen MR) is 85.3 cm³/mol. The summed E-state index contributed by atoms with van der Waals surface area (Å²) >= 11 is 0. The normalized spacial score (nSPS) is 18.1. The molecule has 1 N–H and O–H groups in total. The maximum absolute atomic E-state index is 12.4. The van der Waals surface area contributed by atoms with E-state index in [4.69, 9.17) is 0 Å². The van der Waals surface area contributed by atoms with E-state index in [0.717, 1.165) is 32.5 Å². The van der Waals surface area contributed by atoms with Crippen LogP contribution in [0.2, 0.25) is 0 Å². The standard InChI is InChI=1S/C16H24N2O.ClH/c1-2-18(13-11-14-8-4-3-5-9-14)16(19)15-10-6-7-12-17-15;/h3-5,8-9,15,17H,2,6-7,10-13H2,1H3;1H/t15-;/m1./s1. The van der Waals surface area contributed by atoms with Gasteiger partial charge >= 0.3 is 0 Å². The molecule has 1 aliphatic rings. The van der Waals surface area contributed by atoms with E-state index < -0.39 is 0 Å². The summed E-state index contributed by atoms with van der Waals surface area (Å²) in [6.45, 7) is 4.65. The molecule has 0 unspecified atom stereocenters. The number of amides is 1. The van der Waals surface area contributed by atoms with Gasteiger partial charge in [-0.3, -0.25) is 4.79 Å². The molecule has 2 rings (SSSR count). The maximum atomic E-state index is 12.4. The van der Waals surface area contributed by atoms with E-state index in [2.05, 4.69) is 36.5 Å². The number of rotatable bonds is 5. The summed E-state index contributed by atoms with van der Waals surface area (Å²) in [5, 5.41) is 3.34. The molecule has 1 aromatic rings. The van der Waals surface area contributed by atoms with Crippen LogP contribution in [0.1, 0.15) is 31.7 Å². The van der Waals surface area contributed by atoms with E-state index >= 15 is 0 Å². The molecule has 4 heteroatoms. The molecule has 1 saturated heterocycles. The summed E-state index contributed by atoms with van der Waals surface area (Å²) in [5.41, 5.74) is 1.30. The van der Waals surface area contributed by atoms with Gasteiger partial charge in [-0.05, 0) is 38.3 Å². The lowest BCUT2D eigenvalue weighted by Gasteiger charge is -2.29. The van der Waals surface area contributed by atoms with Crippen LogP contribution in [0.5, 0.6) is 0 Å². The number of carbonyl (C=O) groups is 1. The monoisotopic (exact) mass is 296 g/mol. The number of nitrogens with one attached hydrogen (secondary N) is 1. The third-order valence-electron chi connectivity index (χ3n) is 3.82. The number of hydrogen-bond donors (Lipinski definition) is 1. The molecule has 1 amide bonds. The van der Waals surface area contributed by atoms with Gasteiger partial charge in [0.25, 0.3) is 0 Å². The number of benzene rings is 1. The van der Waals surface area contributed by atoms with E-state index in [1.807, 2.05) is 11.0 Å². The third-order valence-corrected chi connectivity index (χ3v) is 3.82.